The van der Waals surface area contributed by atoms with Crippen molar-refractivity contribution < 1.29 is 33.4 Å². The second-order valence-corrected chi connectivity index (χ2v) is 7.45. The minimum Gasteiger partial charge on any atom is -0.444 e. The van der Waals surface area contributed by atoms with Crippen molar-refractivity contribution in [2.24, 2.45) is 11.8 Å². The number of ether oxygens (including phenoxy) is 3. The van der Waals surface area contributed by atoms with Crippen molar-refractivity contribution in [1.82, 2.24) is 5.32 Å². The zero-order chi connectivity index (χ0) is 18.9. The highest BCUT2D eigenvalue weighted by Crippen LogP contribution is 2.25. The van der Waals surface area contributed by atoms with Crippen molar-refractivity contribution in [3.05, 3.63) is 0 Å². The molecule has 1 rings (SSSR count). The van der Waals surface area contributed by atoms with Crippen molar-refractivity contribution in [3.63, 3.8) is 0 Å². The summed E-state index contributed by atoms with van der Waals surface area (Å²) < 4.78 is 15.0. The van der Waals surface area contributed by atoms with Gasteiger partial charge in [-0.05, 0) is 26.7 Å². The molecule has 1 atom stereocenters. The number of Topliss-reactive ketones (excluding diaryl/α,β-unsaturated/α-hetero) is 1. The van der Waals surface area contributed by atoms with Gasteiger partial charge in [-0.15, -0.1) is 0 Å². The third kappa shape index (κ3) is 5.21. The Hall–Kier alpha value is -2.12. The first kappa shape index (κ1) is 19.9. The van der Waals surface area contributed by atoms with Gasteiger partial charge in [-0.1, -0.05) is 13.8 Å². The summed E-state index contributed by atoms with van der Waals surface area (Å²) in [6.45, 7) is 11.2. The summed E-state index contributed by atoms with van der Waals surface area (Å²) in [6.07, 6.45) is -0.813. The molecule has 0 aromatic rings. The second kappa shape index (κ2) is 6.78. The molecule has 1 unspecified atom stereocenters. The lowest BCUT2D eigenvalue weighted by Crippen LogP contribution is -2.55. The number of amides is 1. The molecule has 8 nitrogen and oxygen atoms in total. The van der Waals surface area contributed by atoms with E-state index >= 15 is 0 Å². The van der Waals surface area contributed by atoms with Gasteiger partial charge in [0.2, 0.25) is 5.92 Å². The van der Waals surface area contributed by atoms with Crippen molar-refractivity contribution in [2.75, 3.05) is 0 Å². The van der Waals surface area contributed by atoms with Crippen LogP contribution in [0.5, 0.6) is 0 Å². The number of carbonyl (C=O) groups is 4. The van der Waals surface area contributed by atoms with Gasteiger partial charge >= 0.3 is 18.0 Å². The fraction of sp³-hybridized carbons (Fsp3) is 0.750. The zero-order valence-electron chi connectivity index (χ0n) is 15.1. The molecule has 1 saturated heterocycles. The van der Waals surface area contributed by atoms with E-state index in [4.69, 9.17) is 14.2 Å². The first-order valence-corrected chi connectivity index (χ1v) is 7.72. The molecule has 1 fully saturated rings. The third-order valence-electron chi connectivity index (χ3n) is 3.09. The molecule has 0 spiro atoms. The molecule has 0 saturated carbocycles. The SMILES string of the molecule is CC(C)C(NC(=O)OC(C)(C)C)C(=O)C1C(=O)OC(C)(C)OC1=O. The van der Waals surface area contributed by atoms with E-state index in [1.807, 2.05) is 0 Å². The number of hydrogen-bond donors (Lipinski definition) is 1. The van der Waals surface area contributed by atoms with Crippen LogP contribution in [-0.2, 0) is 28.6 Å². The summed E-state index contributed by atoms with van der Waals surface area (Å²) in [5.74, 6) is -6.28. The molecule has 0 aliphatic carbocycles. The quantitative estimate of drug-likeness (QED) is 0.609. The maximum atomic E-state index is 12.6. The maximum Gasteiger partial charge on any atom is 0.408 e. The lowest BCUT2D eigenvalue weighted by Gasteiger charge is -2.34. The Morgan fingerprint density at radius 3 is 1.96 bits per heavy atom. The molecular weight excluding hydrogens is 318 g/mol. The minimum absolute atomic E-state index is 0.374. The number of alkyl carbamates (subject to hydrolysis) is 1. The normalized spacial score (nSPS) is 19.3. The lowest BCUT2D eigenvalue weighted by atomic mass is 9.90. The average Bonchev–Trinajstić information content (AvgIpc) is 2.30. The summed E-state index contributed by atoms with van der Waals surface area (Å²) in [6, 6.07) is -1.09. The van der Waals surface area contributed by atoms with E-state index < -0.39 is 47.2 Å². The zero-order valence-corrected chi connectivity index (χ0v) is 15.1. The van der Waals surface area contributed by atoms with Gasteiger partial charge in [0.15, 0.2) is 5.78 Å². The van der Waals surface area contributed by atoms with Crippen LogP contribution in [0, 0.1) is 11.8 Å². The highest BCUT2D eigenvalue weighted by molar-refractivity contribution is 6.17. The predicted octanol–water partition coefficient (Wildman–Crippen LogP) is 1.56. The molecule has 1 amide bonds. The summed E-state index contributed by atoms with van der Waals surface area (Å²) in [5.41, 5.74) is -0.749. The molecule has 0 bridgehead atoms. The number of hydrogen-bond acceptors (Lipinski definition) is 7. The highest BCUT2D eigenvalue weighted by atomic mass is 16.7. The van der Waals surface area contributed by atoms with E-state index in [-0.39, 0.29) is 5.92 Å². The largest absolute Gasteiger partial charge is 0.444 e. The fourth-order valence-corrected chi connectivity index (χ4v) is 2.13. The van der Waals surface area contributed by atoms with E-state index in [9.17, 15) is 19.2 Å². The minimum atomic E-state index is -1.72. The van der Waals surface area contributed by atoms with Crippen LogP contribution < -0.4 is 5.32 Å². The van der Waals surface area contributed by atoms with Crippen LogP contribution in [0.2, 0.25) is 0 Å². The molecule has 1 heterocycles. The second-order valence-electron chi connectivity index (χ2n) is 7.45. The van der Waals surface area contributed by atoms with E-state index in [2.05, 4.69) is 5.32 Å². The lowest BCUT2D eigenvalue weighted by molar-refractivity contribution is -0.238. The Morgan fingerprint density at radius 2 is 1.58 bits per heavy atom. The molecule has 136 valence electrons. The smallest absolute Gasteiger partial charge is 0.408 e. The molecular formula is C16H25NO7. The number of esters is 2. The molecule has 0 aromatic carbocycles. The van der Waals surface area contributed by atoms with E-state index in [0.717, 1.165) is 0 Å². The molecule has 24 heavy (non-hydrogen) atoms. The van der Waals surface area contributed by atoms with Crippen molar-refractivity contribution >= 4 is 23.8 Å². The van der Waals surface area contributed by atoms with Gasteiger partial charge in [-0.2, -0.15) is 0 Å². The monoisotopic (exact) mass is 343 g/mol. The first-order valence-electron chi connectivity index (χ1n) is 7.72. The molecule has 0 aromatic heterocycles. The topological polar surface area (TPSA) is 108 Å². The Kier molecular flexibility index (Phi) is 5.63. The van der Waals surface area contributed by atoms with Gasteiger partial charge in [0.05, 0.1) is 6.04 Å². The summed E-state index contributed by atoms with van der Waals surface area (Å²) >= 11 is 0. The molecule has 1 aliphatic rings. The number of cyclic esters (lactones) is 2. The van der Waals surface area contributed by atoms with Gasteiger partial charge < -0.3 is 19.5 Å². The van der Waals surface area contributed by atoms with Crippen LogP contribution in [0.3, 0.4) is 0 Å². The molecule has 8 heteroatoms. The molecule has 0 radical (unpaired) electrons. The van der Waals surface area contributed by atoms with Crippen LogP contribution in [-0.4, -0.2) is 41.2 Å². The Bertz CT molecular complexity index is 525. The van der Waals surface area contributed by atoms with Gasteiger partial charge in [0.25, 0.3) is 5.79 Å². The van der Waals surface area contributed by atoms with Crippen LogP contribution in [0.25, 0.3) is 0 Å². The number of ketones is 1. The van der Waals surface area contributed by atoms with E-state index in [1.54, 1.807) is 34.6 Å². The van der Waals surface area contributed by atoms with E-state index in [0.29, 0.717) is 0 Å². The van der Waals surface area contributed by atoms with Crippen molar-refractivity contribution in [1.29, 1.82) is 0 Å². The first-order chi connectivity index (χ1) is 10.7. The van der Waals surface area contributed by atoms with Crippen LogP contribution in [0.4, 0.5) is 4.79 Å². The van der Waals surface area contributed by atoms with Gasteiger partial charge in [0.1, 0.15) is 5.60 Å². The number of nitrogens with one attached hydrogen (secondary N) is 1. The maximum absolute atomic E-state index is 12.6. The Morgan fingerprint density at radius 1 is 1.12 bits per heavy atom. The standard InChI is InChI=1S/C16H25NO7/c1-8(2)10(17-14(21)24-15(3,4)5)11(18)9-12(19)22-16(6,7)23-13(9)20/h8-10H,1-7H3,(H,17,21). The average molecular weight is 343 g/mol. The fourth-order valence-electron chi connectivity index (χ4n) is 2.13. The van der Waals surface area contributed by atoms with Crippen molar-refractivity contribution in [3.8, 4) is 0 Å². The van der Waals surface area contributed by atoms with Gasteiger partial charge in [-0.3, -0.25) is 14.4 Å². The number of rotatable bonds is 4. The third-order valence-corrected chi connectivity index (χ3v) is 3.09. The summed E-state index contributed by atoms with van der Waals surface area (Å²) in [4.78, 5) is 48.5. The van der Waals surface area contributed by atoms with Crippen LogP contribution >= 0.6 is 0 Å². The van der Waals surface area contributed by atoms with E-state index in [1.165, 1.54) is 13.8 Å². The van der Waals surface area contributed by atoms with Crippen molar-refractivity contribution in [2.45, 2.75) is 65.9 Å². The van der Waals surface area contributed by atoms with Crippen LogP contribution in [0.15, 0.2) is 0 Å². The summed E-state index contributed by atoms with van der Waals surface area (Å²) in [5, 5.41) is 2.41. The number of carbonyl (C=O) groups excluding carboxylic acids is 4. The van der Waals surface area contributed by atoms with Gasteiger partial charge in [0, 0.05) is 13.8 Å². The summed E-state index contributed by atoms with van der Waals surface area (Å²) in [7, 11) is 0. The molecule has 1 aliphatic heterocycles. The highest BCUT2D eigenvalue weighted by Gasteiger charge is 2.49. The predicted molar refractivity (Wildman–Crippen MR) is 82.8 cm³/mol. The Labute approximate surface area is 141 Å². The van der Waals surface area contributed by atoms with Crippen LogP contribution in [0.1, 0.15) is 48.5 Å². The molecule has 1 N–H and O–H groups in total. The Balaban J connectivity index is 2.93. The van der Waals surface area contributed by atoms with Gasteiger partial charge in [-0.25, -0.2) is 4.79 Å².